The van der Waals surface area contributed by atoms with Crippen LogP contribution >= 0.6 is 11.3 Å². The fourth-order valence-corrected chi connectivity index (χ4v) is 3.36. The Morgan fingerprint density at radius 2 is 2.04 bits per heavy atom. The Morgan fingerprint density at radius 1 is 1.29 bits per heavy atom. The molecule has 8 nitrogen and oxygen atoms in total. The number of hydrogen-bond donors (Lipinski definition) is 1. The SMILES string of the molecule is CNC(=O)CN1CCN(C(=O)c2csc(-c3cnn(C)c3)n2)CC1. The van der Waals surface area contributed by atoms with Crippen molar-refractivity contribution in [2.24, 2.45) is 7.05 Å². The van der Waals surface area contributed by atoms with E-state index in [0.29, 0.717) is 38.4 Å². The van der Waals surface area contributed by atoms with Gasteiger partial charge in [-0.25, -0.2) is 4.98 Å². The summed E-state index contributed by atoms with van der Waals surface area (Å²) in [6.07, 6.45) is 3.62. The minimum absolute atomic E-state index is 0.00427. The third kappa shape index (κ3) is 3.62. The fourth-order valence-electron chi connectivity index (χ4n) is 2.59. The lowest BCUT2D eigenvalue weighted by atomic mass is 10.3. The Labute approximate surface area is 144 Å². The fraction of sp³-hybridized carbons (Fsp3) is 0.467. The molecule has 0 spiro atoms. The summed E-state index contributed by atoms with van der Waals surface area (Å²) in [5.74, 6) is -0.0589. The van der Waals surface area contributed by atoms with E-state index < -0.39 is 0 Å². The van der Waals surface area contributed by atoms with Crippen LogP contribution < -0.4 is 5.32 Å². The van der Waals surface area contributed by atoms with Crippen molar-refractivity contribution < 1.29 is 9.59 Å². The number of thiazole rings is 1. The van der Waals surface area contributed by atoms with E-state index in [2.05, 4.69) is 15.4 Å². The maximum Gasteiger partial charge on any atom is 0.273 e. The molecule has 2 aromatic rings. The number of nitrogens with zero attached hydrogens (tertiary/aromatic N) is 5. The van der Waals surface area contributed by atoms with Crippen LogP contribution in [-0.2, 0) is 11.8 Å². The highest BCUT2D eigenvalue weighted by Gasteiger charge is 2.24. The molecule has 3 heterocycles. The number of carbonyl (C=O) groups excluding carboxylic acids is 2. The van der Waals surface area contributed by atoms with Gasteiger partial charge < -0.3 is 10.2 Å². The standard InChI is InChI=1S/C15H20N6O2S/c1-16-13(22)9-20-3-5-21(6-4-20)15(23)12-10-24-14(18-12)11-7-17-19(2)8-11/h7-8,10H,3-6,9H2,1-2H3,(H,16,22). The molecular formula is C15H20N6O2S. The van der Waals surface area contributed by atoms with Gasteiger partial charge in [-0.1, -0.05) is 0 Å². The summed E-state index contributed by atoms with van der Waals surface area (Å²) in [5.41, 5.74) is 1.38. The third-order valence-electron chi connectivity index (χ3n) is 3.98. The number of amides is 2. The van der Waals surface area contributed by atoms with Gasteiger partial charge in [0.05, 0.1) is 12.7 Å². The average molecular weight is 348 g/mol. The van der Waals surface area contributed by atoms with Crippen molar-refractivity contribution >= 4 is 23.2 Å². The molecule has 1 N–H and O–H groups in total. The van der Waals surface area contributed by atoms with Crippen LogP contribution in [0.3, 0.4) is 0 Å². The Balaban J connectivity index is 1.60. The van der Waals surface area contributed by atoms with E-state index in [1.807, 2.05) is 18.1 Å². The third-order valence-corrected chi connectivity index (χ3v) is 4.87. The van der Waals surface area contributed by atoms with Gasteiger partial charge in [0.1, 0.15) is 10.7 Å². The van der Waals surface area contributed by atoms with Gasteiger partial charge in [-0.2, -0.15) is 5.10 Å². The van der Waals surface area contributed by atoms with Crippen molar-refractivity contribution in [2.45, 2.75) is 0 Å². The van der Waals surface area contributed by atoms with E-state index in [4.69, 9.17) is 0 Å². The first kappa shape index (κ1) is 16.6. The second kappa shape index (κ2) is 7.10. The van der Waals surface area contributed by atoms with Crippen LogP contribution in [0.1, 0.15) is 10.5 Å². The highest BCUT2D eigenvalue weighted by atomic mass is 32.1. The maximum atomic E-state index is 12.6. The van der Waals surface area contributed by atoms with Crippen molar-refractivity contribution in [1.82, 2.24) is 29.9 Å². The van der Waals surface area contributed by atoms with Gasteiger partial charge in [0, 0.05) is 57.4 Å². The smallest absolute Gasteiger partial charge is 0.273 e. The van der Waals surface area contributed by atoms with Crippen LogP contribution in [0.25, 0.3) is 10.6 Å². The Bertz CT molecular complexity index is 732. The molecule has 2 amide bonds. The number of aromatic nitrogens is 3. The normalized spacial score (nSPS) is 15.5. The zero-order valence-corrected chi connectivity index (χ0v) is 14.5. The van der Waals surface area contributed by atoms with Crippen LogP contribution in [0.4, 0.5) is 0 Å². The summed E-state index contributed by atoms with van der Waals surface area (Å²) < 4.78 is 1.71. The number of hydrogen-bond acceptors (Lipinski definition) is 6. The highest BCUT2D eigenvalue weighted by Crippen LogP contribution is 2.23. The van der Waals surface area contributed by atoms with Crippen LogP contribution in [0.2, 0.25) is 0 Å². The Morgan fingerprint density at radius 3 is 2.67 bits per heavy atom. The molecule has 0 saturated carbocycles. The van der Waals surface area contributed by atoms with Crippen molar-refractivity contribution in [3.63, 3.8) is 0 Å². The van der Waals surface area contributed by atoms with Gasteiger partial charge in [0.25, 0.3) is 5.91 Å². The zero-order chi connectivity index (χ0) is 17.1. The molecule has 0 aliphatic carbocycles. The first-order valence-electron chi connectivity index (χ1n) is 7.73. The first-order chi connectivity index (χ1) is 11.6. The topological polar surface area (TPSA) is 83.4 Å². The zero-order valence-electron chi connectivity index (χ0n) is 13.7. The van der Waals surface area contributed by atoms with Gasteiger partial charge in [0.15, 0.2) is 0 Å². The predicted octanol–water partition coefficient (Wildman–Crippen LogP) is 0.0474. The molecule has 9 heteroatoms. The molecule has 1 aliphatic rings. The van der Waals surface area contributed by atoms with E-state index in [-0.39, 0.29) is 11.8 Å². The van der Waals surface area contributed by atoms with Crippen LogP contribution in [-0.4, -0.2) is 76.2 Å². The summed E-state index contributed by atoms with van der Waals surface area (Å²) in [4.78, 5) is 32.3. The van der Waals surface area contributed by atoms with E-state index in [1.165, 1.54) is 11.3 Å². The number of aryl methyl sites for hydroxylation is 1. The molecular weight excluding hydrogens is 328 g/mol. The Hall–Kier alpha value is -2.26. The minimum Gasteiger partial charge on any atom is -0.358 e. The molecule has 2 aromatic heterocycles. The molecule has 0 atom stereocenters. The average Bonchev–Trinajstić information content (AvgIpc) is 3.23. The molecule has 0 unspecified atom stereocenters. The van der Waals surface area contributed by atoms with Crippen LogP contribution in [0, 0.1) is 0 Å². The quantitative estimate of drug-likeness (QED) is 0.844. The molecule has 1 aliphatic heterocycles. The molecule has 1 fully saturated rings. The minimum atomic E-state index is -0.0546. The van der Waals surface area contributed by atoms with E-state index in [1.54, 1.807) is 28.2 Å². The second-order valence-electron chi connectivity index (χ2n) is 5.68. The predicted molar refractivity (Wildman–Crippen MR) is 90.7 cm³/mol. The van der Waals surface area contributed by atoms with Gasteiger partial charge in [-0.05, 0) is 0 Å². The van der Waals surface area contributed by atoms with Crippen molar-refractivity contribution in [3.05, 3.63) is 23.5 Å². The number of carbonyl (C=O) groups is 2. The van der Waals surface area contributed by atoms with Crippen LogP contribution in [0.15, 0.2) is 17.8 Å². The van der Waals surface area contributed by atoms with E-state index >= 15 is 0 Å². The monoisotopic (exact) mass is 348 g/mol. The number of nitrogens with one attached hydrogen (secondary N) is 1. The first-order valence-corrected chi connectivity index (χ1v) is 8.61. The molecule has 1 saturated heterocycles. The second-order valence-corrected chi connectivity index (χ2v) is 6.54. The van der Waals surface area contributed by atoms with Gasteiger partial charge in [-0.15, -0.1) is 11.3 Å². The molecule has 0 radical (unpaired) electrons. The van der Waals surface area contributed by atoms with Crippen molar-refractivity contribution in [2.75, 3.05) is 39.8 Å². The Kier molecular flexibility index (Phi) is 4.91. The van der Waals surface area contributed by atoms with Crippen molar-refractivity contribution in [3.8, 4) is 10.6 Å². The van der Waals surface area contributed by atoms with Gasteiger partial charge in [-0.3, -0.25) is 19.2 Å². The van der Waals surface area contributed by atoms with Crippen molar-refractivity contribution in [1.29, 1.82) is 0 Å². The molecule has 0 bridgehead atoms. The number of likely N-dealkylation sites (N-methyl/N-ethyl adjacent to an activating group) is 1. The lowest BCUT2D eigenvalue weighted by Crippen LogP contribution is -2.50. The highest BCUT2D eigenvalue weighted by molar-refractivity contribution is 7.13. The summed E-state index contributed by atoms with van der Waals surface area (Å²) in [6.45, 7) is 2.98. The largest absolute Gasteiger partial charge is 0.358 e. The van der Waals surface area contributed by atoms with Gasteiger partial charge >= 0.3 is 0 Å². The lowest BCUT2D eigenvalue weighted by molar-refractivity contribution is -0.122. The lowest BCUT2D eigenvalue weighted by Gasteiger charge is -2.33. The number of rotatable bonds is 4. The van der Waals surface area contributed by atoms with E-state index in [0.717, 1.165) is 10.6 Å². The summed E-state index contributed by atoms with van der Waals surface area (Å²) >= 11 is 1.44. The molecule has 3 rings (SSSR count). The summed E-state index contributed by atoms with van der Waals surface area (Å²) in [7, 11) is 3.48. The van der Waals surface area contributed by atoms with Gasteiger partial charge in [0.2, 0.25) is 5.91 Å². The summed E-state index contributed by atoms with van der Waals surface area (Å²) in [5, 5.41) is 9.33. The maximum absolute atomic E-state index is 12.6. The summed E-state index contributed by atoms with van der Waals surface area (Å²) in [6, 6.07) is 0. The molecule has 24 heavy (non-hydrogen) atoms. The number of piperazine rings is 1. The molecule has 0 aromatic carbocycles. The van der Waals surface area contributed by atoms with Crippen LogP contribution in [0.5, 0.6) is 0 Å². The molecule has 128 valence electrons. The van der Waals surface area contributed by atoms with E-state index in [9.17, 15) is 9.59 Å².